The van der Waals surface area contributed by atoms with Crippen molar-refractivity contribution < 1.29 is 0 Å². The van der Waals surface area contributed by atoms with Gasteiger partial charge in [-0.1, -0.05) is 78.1 Å². The zero-order valence-corrected chi connectivity index (χ0v) is 14.3. The van der Waals surface area contributed by atoms with Crippen LogP contribution in [-0.2, 0) is 0 Å². The first kappa shape index (κ1) is 18.0. The Labute approximate surface area is 128 Å². The summed E-state index contributed by atoms with van der Waals surface area (Å²) in [5.74, 6) is 0.992. The van der Waals surface area contributed by atoms with E-state index in [1.807, 2.05) is 0 Å². The maximum atomic E-state index is 2.72. The standard InChI is InChI=1S/C19H39N/c1-3-5-6-7-8-9-10-11-12-13-16-20-17-14-15-19(4-2)18-20/h19H,3-18H2,1-2H3. The van der Waals surface area contributed by atoms with Gasteiger partial charge in [0.15, 0.2) is 0 Å². The molecule has 0 aliphatic carbocycles. The second kappa shape index (κ2) is 12.7. The van der Waals surface area contributed by atoms with Crippen molar-refractivity contribution in [2.75, 3.05) is 19.6 Å². The number of nitrogens with zero attached hydrogens (tertiary/aromatic N) is 1. The van der Waals surface area contributed by atoms with Crippen LogP contribution in [0.1, 0.15) is 97.3 Å². The van der Waals surface area contributed by atoms with Crippen LogP contribution in [-0.4, -0.2) is 24.5 Å². The molecule has 0 radical (unpaired) electrons. The third-order valence-corrected chi connectivity index (χ3v) is 5.01. The zero-order valence-electron chi connectivity index (χ0n) is 14.3. The second-order valence-corrected chi connectivity index (χ2v) is 6.90. The van der Waals surface area contributed by atoms with E-state index < -0.39 is 0 Å². The lowest BCUT2D eigenvalue weighted by molar-refractivity contribution is 0.169. The van der Waals surface area contributed by atoms with E-state index in [0.717, 1.165) is 5.92 Å². The highest BCUT2D eigenvalue weighted by Crippen LogP contribution is 2.19. The van der Waals surface area contributed by atoms with Crippen LogP contribution < -0.4 is 0 Å². The summed E-state index contributed by atoms with van der Waals surface area (Å²) in [7, 11) is 0. The van der Waals surface area contributed by atoms with E-state index in [1.54, 1.807) is 0 Å². The van der Waals surface area contributed by atoms with Crippen molar-refractivity contribution in [1.82, 2.24) is 4.90 Å². The fraction of sp³-hybridized carbons (Fsp3) is 1.00. The Morgan fingerprint density at radius 2 is 1.40 bits per heavy atom. The van der Waals surface area contributed by atoms with Gasteiger partial charge < -0.3 is 4.90 Å². The van der Waals surface area contributed by atoms with Crippen LogP contribution in [0.3, 0.4) is 0 Å². The summed E-state index contributed by atoms with van der Waals surface area (Å²) in [5, 5.41) is 0. The summed E-state index contributed by atoms with van der Waals surface area (Å²) in [6.07, 6.45) is 18.8. The summed E-state index contributed by atoms with van der Waals surface area (Å²) in [4.78, 5) is 2.72. The van der Waals surface area contributed by atoms with E-state index in [0.29, 0.717) is 0 Å². The van der Waals surface area contributed by atoms with Crippen LogP contribution >= 0.6 is 0 Å². The Morgan fingerprint density at radius 1 is 0.800 bits per heavy atom. The van der Waals surface area contributed by atoms with Gasteiger partial charge in [0.1, 0.15) is 0 Å². The Morgan fingerprint density at radius 3 is 2.00 bits per heavy atom. The van der Waals surface area contributed by atoms with Crippen LogP contribution in [0.5, 0.6) is 0 Å². The average molecular weight is 282 g/mol. The van der Waals surface area contributed by atoms with E-state index in [2.05, 4.69) is 18.7 Å². The maximum Gasteiger partial charge on any atom is 0.000956 e. The number of rotatable bonds is 12. The minimum Gasteiger partial charge on any atom is -0.303 e. The summed E-state index contributed by atoms with van der Waals surface area (Å²) in [6.45, 7) is 8.77. The molecule has 0 spiro atoms. The van der Waals surface area contributed by atoms with Crippen molar-refractivity contribution in [2.24, 2.45) is 5.92 Å². The SMILES string of the molecule is CCCCCCCCCCCCN1CCCC(CC)C1. The van der Waals surface area contributed by atoms with Gasteiger partial charge in [-0.15, -0.1) is 0 Å². The fourth-order valence-electron chi connectivity index (χ4n) is 3.51. The molecule has 1 heteroatoms. The number of hydrogen-bond acceptors (Lipinski definition) is 1. The predicted octanol–water partition coefficient (Wildman–Crippen LogP) is 6.03. The minimum atomic E-state index is 0.992. The fourth-order valence-corrected chi connectivity index (χ4v) is 3.51. The molecule has 0 aromatic heterocycles. The molecule has 0 aromatic rings. The van der Waals surface area contributed by atoms with Crippen molar-refractivity contribution >= 4 is 0 Å². The van der Waals surface area contributed by atoms with Gasteiger partial charge in [0.05, 0.1) is 0 Å². The molecule has 1 unspecified atom stereocenters. The number of piperidine rings is 1. The third-order valence-electron chi connectivity index (χ3n) is 5.01. The van der Waals surface area contributed by atoms with Gasteiger partial charge in [-0.05, 0) is 38.3 Å². The molecule has 0 N–H and O–H groups in total. The molecular formula is C19H39N. The molecule has 120 valence electrons. The Kier molecular flexibility index (Phi) is 11.4. The first-order valence-corrected chi connectivity index (χ1v) is 9.59. The van der Waals surface area contributed by atoms with Crippen molar-refractivity contribution in [3.8, 4) is 0 Å². The summed E-state index contributed by atoms with van der Waals surface area (Å²) in [6, 6.07) is 0. The van der Waals surface area contributed by atoms with Crippen LogP contribution in [0.15, 0.2) is 0 Å². The lowest BCUT2D eigenvalue weighted by Crippen LogP contribution is -2.35. The quantitative estimate of drug-likeness (QED) is 0.395. The predicted molar refractivity (Wildman–Crippen MR) is 91.3 cm³/mol. The van der Waals surface area contributed by atoms with Gasteiger partial charge in [-0.2, -0.15) is 0 Å². The molecule has 1 aliphatic heterocycles. The first-order valence-electron chi connectivity index (χ1n) is 9.59. The molecule has 1 aliphatic rings. The molecule has 0 amide bonds. The average Bonchev–Trinajstić information content (AvgIpc) is 2.49. The van der Waals surface area contributed by atoms with Crippen LogP contribution in [0.2, 0.25) is 0 Å². The number of hydrogen-bond donors (Lipinski definition) is 0. The molecule has 1 nitrogen and oxygen atoms in total. The maximum absolute atomic E-state index is 2.72. The van der Waals surface area contributed by atoms with E-state index in [-0.39, 0.29) is 0 Å². The summed E-state index contributed by atoms with van der Waals surface area (Å²) >= 11 is 0. The van der Waals surface area contributed by atoms with Crippen LogP contribution in [0.4, 0.5) is 0 Å². The van der Waals surface area contributed by atoms with E-state index in [4.69, 9.17) is 0 Å². The van der Waals surface area contributed by atoms with E-state index >= 15 is 0 Å². The zero-order chi connectivity index (χ0) is 14.5. The van der Waals surface area contributed by atoms with Gasteiger partial charge in [-0.25, -0.2) is 0 Å². The molecule has 1 fully saturated rings. The molecule has 1 atom stereocenters. The van der Waals surface area contributed by atoms with Gasteiger partial charge in [0.2, 0.25) is 0 Å². The summed E-state index contributed by atoms with van der Waals surface area (Å²) < 4.78 is 0. The lowest BCUT2D eigenvalue weighted by atomic mass is 9.95. The highest BCUT2D eigenvalue weighted by molar-refractivity contribution is 4.71. The van der Waals surface area contributed by atoms with Gasteiger partial charge in [0.25, 0.3) is 0 Å². The molecule has 0 bridgehead atoms. The Balaban J connectivity index is 1.82. The third kappa shape index (κ3) is 9.00. The van der Waals surface area contributed by atoms with Gasteiger partial charge >= 0.3 is 0 Å². The van der Waals surface area contributed by atoms with Crippen LogP contribution in [0.25, 0.3) is 0 Å². The van der Waals surface area contributed by atoms with Crippen molar-refractivity contribution in [3.05, 3.63) is 0 Å². The molecule has 1 rings (SSSR count). The Hall–Kier alpha value is -0.0400. The van der Waals surface area contributed by atoms with E-state index in [9.17, 15) is 0 Å². The largest absolute Gasteiger partial charge is 0.303 e. The second-order valence-electron chi connectivity index (χ2n) is 6.90. The minimum absolute atomic E-state index is 0.992. The highest BCUT2D eigenvalue weighted by Gasteiger charge is 2.17. The summed E-state index contributed by atoms with van der Waals surface area (Å²) in [5.41, 5.74) is 0. The number of likely N-dealkylation sites (tertiary alicyclic amines) is 1. The molecule has 20 heavy (non-hydrogen) atoms. The van der Waals surface area contributed by atoms with E-state index in [1.165, 1.54) is 103 Å². The Bertz CT molecular complexity index is 202. The van der Waals surface area contributed by atoms with Crippen molar-refractivity contribution in [2.45, 2.75) is 97.3 Å². The lowest BCUT2D eigenvalue weighted by Gasteiger charge is -2.32. The molecule has 0 saturated carbocycles. The molecule has 1 heterocycles. The number of unbranched alkanes of at least 4 members (excludes halogenated alkanes) is 9. The first-order chi connectivity index (χ1) is 9.86. The monoisotopic (exact) mass is 281 g/mol. The van der Waals surface area contributed by atoms with Crippen molar-refractivity contribution in [1.29, 1.82) is 0 Å². The highest BCUT2D eigenvalue weighted by atomic mass is 15.1. The smallest absolute Gasteiger partial charge is 0.000956 e. The van der Waals surface area contributed by atoms with Crippen LogP contribution in [0, 0.1) is 5.92 Å². The normalized spacial score (nSPS) is 20.4. The molecule has 1 saturated heterocycles. The molecule has 0 aromatic carbocycles. The van der Waals surface area contributed by atoms with Gasteiger partial charge in [-0.3, -0.25) is 0 Å². The van der Waals surface area contributed by atoms with Crippen molar-refractivity contribution in [3.63, 3.8) is 0 Å². The molecular weight excluding hydrogens is 242 g/mol. The topological polar surface area (TPSA) is 3.24 Å². The van der Waals surface area contributed by atoms with Gasteiger partial charge in [0, 0.05) is 6.54 Å².